The highest BCUT2D eigenvalue weighted by Crippen LogP contribution is 2.35. The van der Waals surface area contributed by atoms with Crippen LogP contribution in [0, 0.1) is 0 Å². The van der Waals surface area contributed by atoms with Gasteiger partial charge in [-0.15, -0.1) is 12.4 Å². The van der Waals surface area contributed by atoms with Crippen LogP contribution in [0.2, 0.25) is 10.0 Å². The number of halogens is 3. The summed E-state index contributed by atoms with van der Waals surface area (Å²) in [5.41, 5.74) is 2.83. The van der Waals surface area contributed by atoms with Crippen molar-refractivity contribution >= 4 is 46.6 Å². The summed E-state index contributed by atoms with van der Waals surface area (Å²) in [6.45, 7) is 0.724. The zero-order valence-corrected chi connectivity index (χ0v) is 14.8. The minimum atomic E-state index is 0. The average molecular weight is 380 g/mol. The van der Waals surface area contributed by atoms with E-state index in [0.29, 0.717) is 15.6 Å². The fraction of sp³-hybridized carbons (Fsp3) is 0.0556. The zero-order chi connectivity index (χ0) is 15.8. The molecule has 0 aliphatic heterocycles. The molecule has 24 heavy (non-hydrogen) atoms. The molecule has 0 saturated heterocycles. The second kappa shape index (κ2) is 6.89. The number of hydrogen-bond acceptors (Lipinski definition) is 2. The van der Waals surface area contributed by atoms with Crippen LogP contribution in [0.4, 0.5) is 0 Å². The van der Waals surface area contributed by atoms with Gasteiger partial charge in [-0.2, -0.15) is 0 Å². The number of aromatic nitrogens is 2. The molecular weight excluding hydrogens is 367 g/mol. The van der Waals surface area contributed by atoms with Gasteiger partial charge >= 0.3 is 0 Å². The number of hydrogen-bond donors (Lipinski definition) is 0. The topological polar surface area (TPSA) is 31.0 Å². The van der Waals surface area contributed by atoms with Gasteiger partial charge in [-0.05, 0) is 23.8 Å². The lowest BCUT2D eigenvalue weighted by atomic mass is 10.0. The van der Waals surface area contributed by atoms with Crippen molar-refractivity contribution in [3.05, 3.63) is 76.8 Å². The predicted molar refractivity (Wildman–Crippen MR) is 100 cm³/mol. The van der Waals surface area contributed by atoms with Gasteiger partial charge in [0.05, 0.1) is 11.3 Å². The monoisotopic (exact) mass is 378 g/mol. The summed E-state index contributed by atoms with van der Waals surface area (Å²) in [5.74, 6) is 0.778. The molecule has 0 amide bonds. The van der Waals surface area contributed by atoms with Crippen LogP contribution in [0.15, 0.2) is 65.6 Å². The molecule has 0 bridgehead atoms. The van der Waals surface area contributed by atoms with Gasteiger partial charge in [-0.1, -0.05) is 47.5 Å². The van der Waals surface area contributed by atoms with Gasteiger partial charge in [0.15, 0.2) is 5.58 Å². The molecule has 2 heterocycles. The third kappa shape index (κ3) is 3.16. The van der Waals surface area contributed by atoms with E-state index in [1.54, 1.807) is 18.6 Å². The summed E-state index contributed by atoms with van der Waals surface area (Å²) in [5, 5.41) is 2.02. The number of furan rings is 1. The maximum atomic E-state index is 6.23. The highest BCUT2D eigenvalue weighted by molar-refractivity contribution is 6.38. The molecule has 122 valence electrons. The molecule has 3 nitrogen and oxygen atoms in total. The van der Waals surface area contributed by atoms with E-state index in [9.17, 15) is 0 Å². The standard InChI is InChI=1S/C18H12Cl2N2O.ClH/c19-14-7-13-8-17(23-18(13)16(20)9-14)15-4-2-1-3-12(15)10-22-6-5-21-11-22;/h1-9,11H,10H2;1H. The molecule has 4 aromatic rings. The van der Waals surface area contributed by atoms with Crippen LogP contribution in [-0.4, -0.2) is 9.55 Å². The fourth-order valence-electron chi connectivity index (χ4n) is 2.68. The van der Waals surface area contributed by atoms with Crippen molar-refractivity contribution in [1.29, 1.82) is 0 Å². The summed E-state index contributed by atoms with van der Waals surface area (Å²) in [7, 11) is 0. The van der Waals surface area contributed by atoms with Gasteiger partial charge in [0.2, 0.25) is 0 Å². The SMILES string of the molecule is Cl.Clc1cc(Cl)c2oc(-c3ccccc3Cn3ccnc3)cc2c1. The van der Waals surface area contributed by atoms with Crippen molar-refractivity contribution in [3.63, 3.8) is 0 Å². The van der Waals surface area contributed by atoms with Crippen LogP contribution in [0.1, 0.15) is 5.56 Å². The molecule has 0 aliphatic rings. The van der Waals surface area contributed by atoms with Crippen molar-refractivity contribution < 1.29 is 4.42 Å². The van der Waals surface area contributed by atoms with Crippen LogP contribution in [-0.2, 0) is 6.54 Å². The van der Waals surface area contributed by atoms with E-state index >= 15 is 0 Å². The maximum Gasteiger partial charge on any atom is 0.153 e. The quantitative estimate of drug-likeness (QED) is 0.432. The van der Waals surface area contributed by atoms with E-state index in [2.05, 4.69) is 11.1 Å². The number of benzene rings is 2. The van der Waals surface area contributed by atoms with Crippen LogP contribution in [0.3, 0.4) is 0 Å². The van der Waals surface area contributed by atoms with E-state index < -0.39 is 0 Å². The van der Waals surface area contributed by atoms with Crippen molar-refractivity contribution in [1.82, 2.24) is 9.55 Å². The Morgan fingerprint density at radius 2 is 1.92 bits per heavy atom. The Morgan fingerprint density at radius 1 is 1.08 bits per heavy atom. The molecule has 2 aromatic carbocycles. The Morgan fingerprint density at radius 3 is 2.71 bits per heavy atom. The summed E-state index contributed by atoms with van der Waals surface area (Å²) in [6.07, 6.45) is 5.50. The van der Waals surface area contributed by atoms with Crippen LogP contribution in [0.25, 0.3) is 22.3 Å². The molecule has 0 fully saturated rings. The first kappa shape index (κ1) is 16.9. The molecule has 0 radical (unpaired) electrons. The maximum absolute atomic E-state index is 6.23. The minimum Gasteiger partial charge on any atom is -0.455 e. The van der Waals surface area contributed by atoms with Crippen molar-refractivity contribution in [2.24, 2.45) is 0 Å². The normalized spacial score (nSPS) is 10.8. The van der Waals surface area contributed by atoms with E-state index in [0.717, 1.165) is 28.8 Å². The molecule has 0 unspecified atom stereocenters. The fourth-order valence-corrected chi connectivity index (χ4v) is 3.23. The summed E-state index contributed by atoms with van der Waals surface area (Å²) in [4.78, 5) is 4.08. The Labute approximate surface area is 155 Å². The van der Waals surface area contributed by atoms with Crippen molar-refractivity contribution in [2.45, 2.75) is 6.54 Å². The lowest BCUT2D eigenvalue weighted by molar-refractivity contribution is 0.629. The van der Waals surface area contributed by atoms with Gasteiger partial charge in [0, 0.05) is 34.9 Å². The molecule has 0 saturated carbocycles. The van der Waals surface area contributed by atoms with Gasteiger partial charge in [-0.3, -0.25) is 0 Å². The summed E-state index contributed by atoms with van der Waals surface area (Å²) < 4.78 is 8.00. The second-order valence-electron chi connectivity index (χ2n) is 5.31. The minimum absolute atomic E-state index is 0. The molecule has 6 heteroatoms. The molecule has 0 spiro atoms. The molecule has 0 aliphatic carbocycles. The van der Waals surface area contributed by atoms with Gasteiger partial charge in [-0.25, -0.2) is 4.98 Å². The number of rotatable bonds is 3. The van der Waals surface area contributed by atoms with E-state index in [1.165, 1.54) is 0 Å². The van der Waals surface area contributed by atoms with E-state index in [4.69, 9.17) is 27.6 Å². The Balaban J connectivity index is 0.00000169. The first-order chi connectivity index (χ1) is 11.2. The molecule has 4 rings (SSSR count). The van der Waals surface area contributed by atoms with Crippen LogP contribution < -0.4 is 0 Å². The summed E-state index contributed by atoms with van der Waals surface area (Å²) in [6, 6.07) is 13.7. The highest BCUT2D eigenvalue weighted by Gasteiger charge is 2.13. The third-order valence-electron chi connectivity index (χ3n) is 3.73. The lowest BCUT2D eigenvalue weighted by Gasteiger charge is -2.07. The molecular formula is C18H13Cl3N2O. The number of imidazole rings is 1. The Hall–Kier alpha value is -1.94. The van der Waals surface area contributed by atoms with Crippen molar-refractivity contribution in [3.8, 4) is 11.3 Å². The molecule has 0 atom stereocenters. The first-order valence-electron chi connectivity index (χ1n) is 7.13. The Bertz CT molecular complexity index is 977. The van der Waals surface area contributed by atoms with Gasteiger partial charge in [0.25, 0.3) is 0 Å². The van der Waals surface area contributed by atoms with Crippen molar-refractivity contribution in [2.75, 3.05) is 0 Å². The van der Waals surface area contributed by atoms with Gasteiger partial charge < -0.3 is 8.98 Å². The van der Waals surface area contributed by atoms with Crippen LogP contribution >= 0.6 is 35.6 Å². The molecule has 2 aromatic heterocycles. The largest absolute Gasteiger partial charge is 0.455 e. The highest BCUT2D eigenvalue weighted by atomic mass is 35.5. The van der Waals surface area contributed by atoms with E-state index in [-0.39, 0.29) is 12.4 Å². The smallest absolute Gasteiger partial charge is 0.153 e. The number of nitrogens with zero attached hydrogens (tertiary/aromatic N) is 2. The zero-order valence-electron chi connectivity index (χ0n) is 12.4. The van der Waals surface area contributed by atoms with Crippen LogP contribution in [0.5, 0.6) is 0 Å². The third-order valence-corrected chi connectivity index (χ3v) is 4.23. The first-order valence-corrected chi connectivity index (χ1v) is 7.89. The Kier molecular flexibility index (Phi) is 4.86. The molecule has 0 N–H and O–H groups in total. The second-order valence-corrected chi connectivity index (χ2v) is 6.15. The summed E-state index contributed by atoms with van der Waals surface area (Å²) >= 11 is 12.3. The van der Waals surface area contributed by atoms with Gasteiger partial charge in [0.1, 0.15) is 5.76 Å². The van der Waals surface area contributed by atoms with E-state index in [1.807, 2.05) is 41.1 Å². The predicted octanol–water partition coefficient (Wildman–Crippen LogP) is 6.07. The lowest BCUT2D eigenvalue weighted by Crippen LogP contribution is -1.98. The number of fused-ring (bicyclic) bond motifs is 1. The average Bonchev–Trinajstić information content (AvgIpc) is 3.17.